The van der Waals surface area contributed by atoms with Crippen LogP contribution in [0.4, 0.5) is 5.82 Å². The number of fused-ring (bicyclic) bond motifs is 1. The molecule has 1 aliphatic heterocycles. The summed E-state index contributed by atoms with van der Waals surface area (Å²) in [6.45, 7) is 3.91. The summed E-state index contributed by atoms with van der Waals surface area (Å²) in [6, 6.07) is 21.7. The van der Waals surface area contributed by atoms with Crippen molar-refractivity contribution in [1.29, 1.82) is 0 Å². The van der Waals surface area contributed by atoms with Gasteiger partial charge in [-0.1, -0.05) is 43.3 Å². The van der Waals surface area contributed by atoms with Crippen LogP contribution in [-0.2, 0) is 9.59 Å². The zero-order chi connectivity index (χ0) is 26.6. The third-order valence-electron chi connectivity index (χ3n) is 6.58. The van der Waals surface area contributed by atoms with Gasteiger partial charge in [0.05, 0.1) is 29.5 Å². The first-order valence-corrected chi connectivity index (χ1v) is 14.5. The molecule has 9 heteroatoms. The van der Waals surface area contributed by atoms with Crippen LogP contribution in [0.5, 0.6) is 5.75 Å². The van der Waals surface area contributed by atoms with E-state index in [1.165, 1.54) is 0 Å². The van der Waals surface area contributed by atoms with Crippen LogP contribution in [-0.4, -0.2) is 47.0 Å². The van der Waals surface area contributed by atoms with Crippen molar-refractivity contribution < 1.29 is 14.3 Å². The largest absolute Gasteiger partial charge is 0.497 e. The number of thioether (sulfide) groups is 1. The van der Waals surface area contributed by atoms with Crippen molar-refractivity contribution in [3.05, 3.63) is 82.6 Å². The Kier molecular flexibility index (Phi) is 7.85. The van der Waals surface area contributed by atoms with Crippen molar-refractivity contribution in [2.75, 3.05) is 24.3 Å². The van der Waals surface area contributed by atoms with Crippen LogP contribution in [0.25, 0.3) is 16.9 Å². The number of rotatable bonds is 8. The van der Waals surface area contributed by atoms with Gasteiger partial charge in [0, 0.05) is 22.0 Å². The molecule has 38 heavy (non-hydrogen) atoms. The lowest BCUT2D eigenvalue weighted by atomic mass is 10.0. The predicted octanol–water partition coefficient (Wildman–Crippen LogP) is 5.69. The van der Waals surface area contributed by atoms with Crippen LogP contribution in [0.1, 0.15) is 36.0 Å². The molecular weight excluding hydrogens is 516 g/mol. The maximum Gasteiger partial charge on any atom is 0.240 e. The minimum Gasteiger partial charge on any atom is -0.497 e. The summed E-state index contributed by atoms with van der Waals surface area (Å²) in [7, 11) is 1.63. The molecule has 4 aromatic rings. The Labute approximate surface area is 230 Å². The number of ether oxygens (including phenoxy) is 1. The van der Waals surface area contributed by atoms with Gasteiger partial charge in [-0.2, -0.15) is 5.10 Å². The monoisotopic (exact) mass is 546 g/mol. The Balaban J connectivity index is 1.75. The van der Waals surface area contributed by atoms with Crippen LogP contribution < -0.4 is 15.0 Å². The SMILES string of the molecule is CCC(C)NC(=O)CN1C(=O)CSC(c2cccs2)c2c(-c3ccccc3)nn(-c3ccc(OC)cc3)c21. The highest BCUT2D eigenvalue weighted by atomic mass is 32.2. The van der Waals surface area contributed by atoms with Crippen LogP contribution in [0, 0.1) is 0 Å². The van der Waals surface area contributed by atoms with Crippen LogP contribution in [0.3, 0.4) is 0 Å². The number of hydrogen-bond acceptors (Lipinski definition) is 6. The molecule has 1 aliphatic rings. The average Bonchev–Trinajstić information content (AvgIpc) is 3.59. The Hall–Kier alpha value is -3.56. The topological polar surface area (TPSA) is 76.5 Å². The second-order valence-electron chi connectivity index (χ2n) is 9.12. The molecule has 0 radical (unpaired) electrons. The third-order valence-corrected chi connectivity index (χ3v) is 8.90. The van der Waals surface area contributed by atoms with Crippen LogP contribution in [0.15, 0.2) is 72.1 Å². The number of nitrogens with zero attached hydrogens (tertiary/aromatic N) is 3. The fraction of sp³-hybridized carbons (Fsp3) is 0.276. The molecule has 2 amide bonds. The van der Waals surface area contributed by atoms with E-state index in [0.717, 1.165) is 39.6 Å². The Morgan fingerprint density at radius 2 is 1.89 bits per heavy atom. The number of anilines is 1. The lowest BCUT2D eigenvalue weighted by Crippen LogP contribution is -2.44. The molecule has 2 atom stereocenters. The molecule has 0 fully saturated rings. The quantitative estimate of drug-likeness (QED) is 0.307. The van der Waals surface area contributed by atoms with Gasteiger partial charge < -0.3 is 10.1 Å². The highest BCUT2D eigenvalue weighted by Crippen LogP contribution is 2.49. The molecule has 0 spiro atoms. The van der Waals surface area contributed by atoms with Gasteiger partial charge in [-0.3, -0.25) is 14.5 Å². The van der Waals surface area contributed by atoms with Gasteiger partial charge in [0.2, 0.25) is 11.8 Å². The molecule has 0 aliphatic carbocycles. The minimum absolute atomic E-state index is 0.0173. The smallest absolute Gasteiger partial charge is 0.240 e. The molecule has 5 rings (SSSR count). The number of thiophene rings is 1. The molecule has 7 nitrogen and oxygen atoms in total. The van der Waals surface area contributed by atoms with E-state index in [1.807, 2.05) is 74.5 Å². The molecule has 2 unspecified atom stereocenters. The van der Waals surface area contributed by atoms with Gasteiger partial charge in [0.1, 0.15) is 18.1 Å². The second-order valence-corrected chi connectivity index (χ2v) is 11.2. The van der Waals surface area contributed by atoms with E-state index >= 15 is 0 Å². The molecule has 196 valence electrons. The first-order valence-electron chi connectivity index (χ1n) is 12.6. The van der Waals surface area contributed by atoms with Crippen molar-refractivity contribution in [2.45, 2.75) is 31.6 Å². The van der Waals surface area contributed by atoms with Gasteiger partial charge in [-0.05, 0) is 49.1 Å². The summed E-state index contributed by atoms with van der Waals surface area (Å²) in [5, 5.41) is 10.1. The Bertz CT molecular complexity index is 1400. The van der Waals surface area contributed by atoms with Gasteiger partial charge in [0.15, 0.2) is 0 Å². The highest BCUT2D eigenvalue weighted by molar-refractivity contribution is 8.00. The van der Waals surface area contributed by atoms with Crippen molar-refractivity contribution in [3.63, 3.8) is 0 Å². The lowest BCUT2D eigenvalue weighted by molar-refractivity contribution is -0.123. The standard InChI is InChI=1S/C29H30N4O3S2/c1-4-19(2)30-24(34)17-32-25(35)18-38-28(23-11-8-16-37-23)26-27(20-9-6-5-7-10-20)31-33(29(26)32)21-12-14-22(36-3)15-13-21/h5-16,19,28H,4,17-18H2,1-3H3,(H,30,34). The summed E-state index contributed by atoms with van der Waals surface area (Å²) < 4.78 is 7.17. The normalized spacial score (nSPS) is 16.0. The summed E-state index contributed by atoms with van der Waals surface area (Å²) in [6.07, 6.45) is 0.809. The molecule has 1 N–H and O–H groups in total. The van der Waals surface area contributed by atoms with Crippen molar-refractivity contribution in [2.24, 2.45) is 0 Å². The van der Waals surface area contributed by atoms with E-state index < -0.39 is 0 Å². The Morgan fingerprint density at radius 3 is 2.55 bits per heavy atom. The van der Waals surface area contributed by atoms with E-state index in [9.17, 15) is 9.59 Å². The van der Waals surface area contributed by atoms with Crippen molar-refractivity contribution >= 4 is 40.7 Å². The number of carbonyl (C=O) groups is 2. The Morgan fingerprint density at radius 1 is 1.13 bits per heavy atom. The van der Waals surface area contributed by atoms with Gasteiger partial charge >= 0.3 is 0 Å². The fourth-order valence-corrected chi connectivity index (χ4v) is 6.64. The average molecular weight is 547 g/mol. The molecular formula is C29H30N4O3S2. The van der Waals surface area contributed by atoms with E-state index in [1.54, 1.807) is 39.8 Å². The first-order chi connectivity index (χ1) is 18.5. The minimum atomic E-state index is -0.193. The summed E-state index contributed by atoms with van der Waals surface area (Å²) in [5.41, 5.74) is 3.46. The van der Waals surface area contributed by atoms with E-state index in [-0.39, 0.29) is 35.4 Å². The maximum absolute atomic E-state index is 13.7. The number of methoxy groups -OCH3 is 1. The number of benzene rings is 2. The number of aromatic nitrogens is 2. The van der Waals surface area contributed by atoms with Crippen molar-refractivity contribution in [3.8, 4) is 22.7 Å². The number of carbonyl (C=O) groups excluding carboxylic acids is 2. The third kappa shape index (κ3) is 5.21. The first kappa shape index (κ1) is 26.1. The molecule has 0 bridgehead atoms. The lowest BCUT2D eigenvalue weighted by Gasteiger charge is -2.24. The zero-order valence-electron chi connectivity index (χ0n) is 21.6. The summed E-state index contributed by atoms with van der Waals surface area (Å²) in [5.74, 6) is 1.29. The zero-order valence-corrected chi connectivity index (χ0v) is 23.2. The highest BCUT2D eigenvalue weighted by Gasteiger charge is 2.38. The number of amides is 2. The van der Waals surface area contributed by atoms with E-state index in [0.29, 0.717) is 5.82 Å². The molecule has 2 aromatic heterocycles. The van der Waals surface area contributed by atoms with Gasteiger partial charge in [0.25, 0.3) is 0 Å². The van der Waals surface area contributed by atoms with Gasteiger partial charge in [-0.15, -0.1) is 23.1 Å². The van der Waals surface area contributed by atoms with Crippen LogP contribution >= 0.6 is 23.1 Å². The number of hydrogen-bond donors (Lipinski definition) is 1. The van der Waals surface area contributed by atoms with Gasteiger partial charge in [-0.25, -0.2) is 4.68 Å². The van der Waals surface area contributed by atoms with Crippen molar-refractivity contribution in [1.82, 2.24) is 15.1 Å². The molecule has 3 heterocycles. The summed E-state index contributed by atoms with van der Waals surface area (Å²) >= 11 is 3.24. The molecule has 2 aromatic carbocycles. The van der Waals surface area contributed by atoms with E-state index in [4.69, 9.17) is 9.84 Å². The second kappa shape index (κ2) is 11.4. The predicted molar refractivity (Wildman–Crippen MR) is 154 cm³/mol. The fourth-order valence-electron chi connectivity index (χ4n) is 4.46. The molecule has 0 saturated carbocycles. The number of nitrogens with one attached hydrogen (secondary N) is 1. The summed E-state index contributed by atoms with van der Waals surface area (Å²) in [4.78, 5) is 29.5. The molecule has 0 saturated heterocycles. The van der Waals surface area contributed by atoms with E-state index in [2.05, 4.69) is 16.8 Å². The maximum atomic E-state index is 13.7. The van der Waals surface area contributed by atoms with Crippen LogP contribution in [0.2, 0.25) is 0 Å².